The number of nitrogens with zero attached hydrogens (tertiary/aromatic N) is 1. The molecule has 3 nitrogen and oxygen atoms in total. The van der Waals surface area contributed by atoms with Gasteiger partial charge in [0.05, 0.1) is 12.7 Å². The van der Waals surface area contributed by atoms with Gasteiger partial charge in [-0.05, 0) is 33.2 Å². The van der Waals surface area contributed by atoms with E-state index in [-0.39, 0.29) is 12.6 Å². The van der Waals surface area contributed by atoms with Gasteiger partial charge in [-0.25, -0.2) is 0 Å². The molecule has 1 heterocycles. The highest BCUT2D eigenvalue weighted by atomic mass is 16.3. The molecule has 0 saturated carbocycles. The van der Waals surface area contributed by atoms with Gasteiger partial charge in [0.1, 0.15) is 0 Å². The van der Waals surface area contributed by atoms with Crippen LogP contribution in [0.4, 0.5) is 0 Å². The maximum Gasteiger partial charge on any atom is 0.0923 e. The van der Waals surface area contributed by atoms with Crippen molar-refractivity contribution in [3.8, 4) is 0 Å². The van der Waals surface area contributed by atoms with Gasteiger partial charge >= 0.3 is 0 Å². The SMILES string of the molecule is CC1CCCN1C(C)C(O)CO. The number of hydrogen-bond acceptors (Lipinski definition) is 3. The molecule has 1 saturated heterocycles. The van der Waals surface area contributed by atoms with Crippen molar-refractivity contribution in [1.82, 2.24) is 4.90 Å². The molecule has 12 heavy (non-hydrogen) atoms. The van der Waals surface area contributed by atoms with Crippen molar-refractivity contribution in [2.24, 2.45) is 0 Å². The van der Waals surface area contributed by atoms with Crippen molar-refractivity contribution in [2.45, 2.75) is 44.9 Å². The third kappa shape index (κ3) is 1.97. The summed E-state index contributed by atoms with van der Waals surface area (Å²) in [4.78, 5) is 2.26. The Bertz CT molecular complexity index is 140. The summed E-state index contributed by atoms with van der Waals surface area (Å²) in [6.45, 7) is 5.07. The smallest absolute Gasteiger partial charge is 0.0923 e. The Balaban J connectivity index is 2.45. The fourth-order valence-electron chi connectivity index (χ4n) is 1.93. The lowest BCUT2D eigenvalue weighted by Crippen LogP contribution is -2.44. The molecule has 3 unspecified atom stereocenters. The first-order chi connectivity index (χ1) is 5.66. The van der Waals surface area contributed by atoms with E-state index in [9.17, 15) is 5.11 Å². The molecular weight excluding hydrogens is 154 g/mol. The van der Waals surface area contributed by atoms with E-state index >= 15 is 0 Å². The molecule has 3 atom stereocenters. The first-order valence-corrected chi connectivity index (χ1v) is 4.71. The highest BCUT2D eigenvalue weighted by Crippen LogP contribution is 2.20. The Morgan fingerprint density at radius 1 is 1.58 bits per heavy atom. The number of aliphatic hydroxyl groups excluding tert-OH is 2. The summed E-state index contributed by atoms with van der Waals surface area (Å²) in [6, 6.07) is 0.647. The molecular formula is C9H19NO2. The van der Waals surface area contributed by atoms with Crippen molar-refractivity contribution in [3.05, 3.63) is 0 Å². The molecule has 1 aliphatic heterocycles. The highest BCUT2D eigenvalue weighted by molar-refractivity contribution is 4.83. The molecule has 1 aliphatic rings. The Labute approximate surface area is 74.0 Å². The maximum atomic E-state index is 9.41. The summed E-state index contributed by atoms with van der Waals surface area (Å²) in [5.74, 6) is 0. The van der Waals surface area contributed by atoms with E-state index in [1.165, 1.54) is 12.8 Å². The topological polar surface area (TPSA) is 43.7 Å². The molecule has 2 N–H and O–H groups in total. The molecule has 0 aromatic heterocycles. The lowest BCUT2D eigenvalue weighted by Gasteiger charge is -2.31. The molecule has 0 bridgehead atoms. The fourth-order valence-corrected chi connectivity index (χ4v) is 1.93. The number of likely N-dealkylation sites (tertiary alicyclic amines) is 1. The van der Waals surface area contributed by atoms with E-state index in [0.717, 1.165) is 6.54 Å². The summed E-state index contributed by atoms with van der Waals surface area (Å²) in [6.07, 6.45) is 1.83. The Morgan fingerprint density at radius 2 is 2.25 bits per heavy atom. The number of rotatable bonds is 3. The predicted octanol–water partition coefficient (Wildman–Crippen LogP) is 0.212. The summed E-state index contributed by atoms with van der Waals surface area (Å²) < 4.78 is 0. The van der Waals surface area contributed by atoms with Crippen LogP contribution in [0, 0.1) is 0 Å². The molecule has 0 aliphatic carbocycles. The molecule has 0 aromatic rings. The average Bonchev–Trinajstić information content (AvgIpc) is 2.48. The molecule has 0 amide bonds. The maximum absolute atomic E-state index is 9.41. The van der Waals surface area contributed by atoms with E-state index < -0.39 is 6.10 Å². The van der Waals surface area contributed by atoms with Crippen LogP contribution in [-0.2, 0) is 0 Å². The third-order valence-electron chi connectivity index (χ3n) is 2.87. The Kier molecular flexibility index (Phi) is 3.50. The van der Waals surface area contributed by atoms with Crippen LogP contribution in [0.3, 0.4) is 0 Å². The second-order valence-corrected chi connectivity index (χ2v) is 3.72. The first-order valence-electron chi connectivity index (χ1n) is 4.71. The van der Waals surface area contributed by atoms with Gasteiger partial charge in [-0.15, -0.1) is 0 Å². The molecule has 1 fully saturated rings. The highest BCUT2D eigenvalue weighted by Gasteiger charge is 2.28. The zero-order valence-corrected chi connectivity index (χ0v) is 7.90. The van der Waals surface area contributed by atoms with Crippen LogP contribution in [0.25, 0.3) is 0 Å². The van der Waals surface area contributed by atoms with Crippen LogP contribution in [0.5, 0.6) is 0 Å². The predicted molar refractivity (Wildman–Crippen MR) is 48.0 cm³/mol. The molecule has 1 rings (SSSR count). The van der Waals surface area contributed by atoms with Crippen LogP contribution in [0.15, 0.2) is 0 Å². The van der Waals surface area contributed by atoms with Crippen LogP contribution >= 0.6 is 0 Å². The molecule has 0 radical (unpaired) electrons. The van der Waals surface area contributed by atoms with Crippen LogP contribution < -0.4 is 0 Å². The van der Waals surface area contributed by atoms with Crippen molar-refractivity contribution < 1.29 is 10.2 Å². The van der Waals surface area contributed by atoms with Gasteiger partial charge < -0.3 is 10.2 Å². The third-order valence-corrected chi connectivity index (χ3v) is 2.87. The van der Waals surface area contributed by atoms with Crippen LogP contribution in [-0.4, -0.2) is 46.5 Å². The number of hydrogen-bond donors (Lipinski definition) is 2. The summed E-state index contributed by atoms with van der Waals surface area (Å²) in [5.41, 5.74) is 0. The minimum absolute atomic E-state index is 0.0903. The minimum atomic E-state index is -0.592. The first kappa shape index (κ1) is 9.96. The van der Waals surface area contributed by atoms with Gasteiger partial charge in [0.15, 0.2) is 0 Å². The number of aliphatic hydroxyl groups is 2. The van der Waals surface area contributed by atoms with Crippen molar-refractivity contribution in [1.29, 1.82) is 0 Å². The molecule has 0 spiro atoms. The van der Waals surface area contributed by atoms with Gasteiger partial charge in [0.25, 0.3) is 0 Å². The largest absolute Gasteiger partial charge is 0.394 e. The lowest BCUT2D eigenvalue weighted by atomic mass is 10.1. The fraction of sp³-hybridized carbons (Fsp3) is 1.00. The van der Waals surface area contributed by atoms with Crippen LogP contribution in [0.1, 0.15) is 26.7 Å². The molecule has 0 aromatic carbocycles. The van der Waals surface area contributed by atoms with Gasteiger partial charge in [-0.2, -0.15) is 0 Å². The summed E-state index contributed by atoms with van der Waals surface area (Å²) >= 11 is 0. The van der Waals surface area contributed by atoms with Gasteiger partial charge in [0.2, 0.25) is 0 Å². The zero-order valence-electron chi connectivity index (χ0n) is 7.90. The second-order valence-electron chi connectivity index (χ2n) is 3.72. The molecule has 72 valence electrons. The van der Waals surface area contributed by atoms with Crippen LogP contribution in [0.2, 0.25) is 0 Å². The van der Waals surface area contributed by atoms with E-state index in [2.05, 4.69) is 11.8 Å². The normalized spacial score (nSPS) is 30.5. The van der Waals surface area contributed by atoms with E-state index in [1.54, 1.807) is 0 Å². The monoisotopic (exact) mass is 173 g/mol. The van der Waals surface area contributed by atoms with E-state index in [0.29, 0.717) is 6.04 Å². The Morgan fingerprint density at radius 3 is 2.67 bits per heavy atom. The average molecular weight is 173 g/mol. The zero-order chi connectivity index (χ0) is 9.14. The summed E-state index contributed by atoms with van der Waals surface area (Å²) in [7, 11) is 0. The van der Waals surface area contributed by atoms with Crippen molar-refractivity contribution in [3.63, 3.8) is 0 Å². The summed E-state index contributed by atoms with van der Waals surface area (Å²) in [5, 5.41) is 18.2. The standard InChI is InChI=1S/C9H19NO2/c1-7-4-3-5-10(7)8(2)9(12)6-11/h7-9,11-12H,3-6H2,1-2H3. The second kappa shape index (κ2) is 4.21. The minimum Gasteiger partial charge on any atom is -0.394 e. The van der Waals surface area contributed by atoms with E-state index in [4.69, 9.17) is 5.11 Å². The quantitative estimate of drug-likeness (QED) is 0.641. The Hall–Kier alpha value is -0.120. The molecule has 3 heteroatoms. The van der Waals surface area contributed by atoms with E-state index in [1.807, 2.05) is 6.92 Å². The van der Waals surface area contributed by atoms with Gasteiger partial charge in [-0.1, -0.05) is 0 Å². The lowest BCUT2D eigenvalue weighted by molar-refractivity contribution is 0.0158. The van der Waals surface area contributed by atoms with Gasteiger partial charge in [0, 0.05) is 12.1 Å². The van der Waals surface area contributed by atoms with Gasteiger partial charge in [-0.3, -0.25) is 4.90 Å². The van der Waals surface area contributed by atoms with Crippen molar-refractivity contribution >= 4 is 0 Å². The van der Waals surface area contributed by atoms with Crippen molar-refractivity contribution in [2.75, 3.05) is 13.2 Å².